The molecule has 1 aromatic rings. The quantitative estimate of drug-likeness (QED) is 0.671. The summed E-state index contributed by atoms with van der Waals surface area (Å²) in [5, 5.41) is 5.36. The van der Waals surface area contributed by atoms with Crippen molar-refractivity contribution in [1.82, 2.24) is 9.59 Å². The summed E-state index contributed by atoms with van der Waals surface area (Å²) < 4.78 is 8.71. The molecule has 0 N–H and O–H groups in total. The number of rotatable bonds is 2. The summed E-state index contributed by atoms with van der Waals surface area (Å²) in [7, 11) is 0. The lowest BCUT2D eigenvalue weighted by Crippen LogP contribution is -2.09. The Labute approximate surface area is 79.4 Å². The first-order valence-electron chi connectivity index (χ1n) is 4.00. The summed E-state index contributed by atoms with van der Waals surface area (Å²) in [6.45, 7) is 0.700. The molecule has 0 fully saturated rings. The molecule has 1 aliphatic heterocycles. The van der Waals surface area contributed by atoms with Crippen LogP contribution >= 0.6 is 11.5 Å². The van der Waals surface area contributed by atoms with Crippen LogP contribution in [-0.4, -0.2) is 22.0 Å². The van der Waals surface area contributed by atoms with Gasteiger partial charge in [-0.2, -0.15) is 0 Å². The minimum atomic E-state index is -0.0616. The van der Waals surface area contributed by atoms with Crippen molar-refractivity contribution in [3.05, 3.63) is 22.9 Å². The molecular formula is C8H8N2O2S. The zero-order valence-electron chi connectivity index (χ0n) is 6.90. The Kier molecular flexibility index (Phi) is 2.35. The van der Waals surface area contributed by atoms with E-state index in [0.717, 1.165) is 12.8 Å². The Morgan fingerprint density at radius 1 is 1.62 bits per heavy atom. The molecule has 1 aromatic heterocycles. The second kappa shape index (κ2) is 3.66. The smallest absolute Gasteiger partial charge is 0.213 e. The fraction of sp³-hybridized carbons (Fsp3) is 0.375. The van der Waals surface area contributed by atoms with Gasteiger partial charge in [0, 0.05) is 11.0 Å². The fourth-order valence-electron chi connectivity index (χ4n) is 1.16. The zero-order valence-corrected chi connectivity index (χ0v) is 7.71. The van der Waals surface area contributed by atoms with Gasteiger partial charge < -0.3 is 4.74 Å². The van der Waals surface area contributed by atoms with E-state index in [4.69, 9.17) is 4.74 Å². The molecule has 0 spiro atoms. The van der Waals surface area contributed by atoms with E-state index < -0.39 is 0 Å². The molecule has 13 heavy (non-hydrogen) atoms. The Balaban J connectivity index is 2.17. The first-order chi connectivity index (χ1) is 6.38. The van der Waals surface area contributed by atoms with Gasteiger partial charge in [0.25, 0.3) is 0 Å². The van der Waals surface area contributed by atoms with Crippen LogP contribution in [0.2, 0.25) is 0 Å². The Morgan fingerprint density at radius 3 is 3.15 bits per heavy atom. The standard InChI is InChI=1S/C8H8N2O2S/c11-8(7-5-13-10-9-7)6-2-1-3-12-4-6/h4-5H,1-3H2. The van der Waals surface area contributed by atoms with Gasteiger partial charge in [0.1, 0.15) is 5.69 Å². The number of ketones is 1. The molecule has 0 aliphatic carbocycles. The minimum Gasteiger partial charge on any atom is -0.501 e. The van der Waals surface area contributed by atoms with Crippen LogP contribution in [-0.2, 0) is 4.74 Å². The highest BCUT2D eigenvalue weighted by Gasteiger charge is 2.17. The van der Waals surface area contributed by atoms with Crippen LogP contribution in [0.3, 0.4) is 0 Å². The normalized spacial score (nSPS) is 16.2. The van der Waals surface area contributed by atoms with E-state index in [1.54, 1.807) is 5.38 Å². The van der Waals surface area contributed by atoms with Gasteiger partial charge in [0.05, 0.1) is 12.9 Å². The first kappa shape index (κ1) is 8.37. The van der Waals surface area contributed by atoms with Crippen molar-refractivity contribution in [1.29, 1.82) is 0 Å². The highest BCUT2D eigenvalue weighted by Crippen LogP contribution is 2.16. The van der Waals surface area contributed by atoms with Gasteiger partial charge >= 0.3 is 0 Å². The highest BCUT2D eigenvalue weighted by atomic mass is 32.1. The molecular weight excluding hydrogens is 188 g/mol. The number of carbonyl (C=O) groups is 1. The number of Topliss-reactive ketones (excluding diaryl/α,β-unsaturated/α-hetero) is 1. The number of ether oxygens (including phenoxy) is 1. The van der Waals surface area contributed by atoms with Crippen molar-refractivity contribution >= 4 is 17.3 Å². The number of nitrogens with zero attached hydrogens (tertiary/aromatic N) is 2. The van der Waals surface area contributed by atoms with Crippen LogP contribution in [0.1, 0.15) is 23.3 Å². The molecule has 0 saturated carbocycles. The van der Waals surface area contributed by atoms with Gasteiger partial charge in [-0.05, 0) is 24.4 Å². The molecule has 0 radical (unpaired) electrons. The van der Waals surface area contributed by atoms with Crippen molar-refractivity contribution in [2.75, 3.05) is 6.61 Å². The van der Waals surface area contributed by atoms with Crippen molar-refractivity contribution < 1.29 is 9.53 Å². The third-order valence-corrected chi connectivity index (χ3v) is 2.32. The molecule has 68 valence electrons. The largest absolute Gasteiger partial charge is 0.501 e. The number of hydrogen-bond acceptors (Lipinski definition) is 5. The van der Waals surface area contributed by atoms with E-state index in [0.29, 0.717) is 17.9 Å². The summed E-state index contributed by atoms with van der Waals surface area (Å²) in [5.74, 6) is -0.0616. The molecule has 4 nitrogen and oxygen atoms in total. The summed E-state index contributed by atoms with van der Waals surface area (Å²) in [6, 6.07) is 0. The molecule has 0 saturated heterocycles. The van der Waals surface area contributed by atoms with Crippen molar-refractivity contribution in [3.63, 3.8) is 0 Å². The molecule has 5 heteroatoms. The average molecular weight is 196 g/mol. The van der Waals surface area contributed by atoms with Gasteiger partial charge in [-0.15, -0.1) is 5.10 Å². The lowest BCUT2D eigenvalue weighted by molar-refractivity contribution is 0.100. The molecule has 0 atom stereocenters. The predicted molar refractivity (Wildman–Crippen MR) is 47.5 cm³/mol. The molecule has 1 aliphatic rings. The van der Waals surface area contributed by atoms with E-state index in [1.807, 2.05) is 0 Å². The van der Waals surface area contributed by atoms with Crippen LogP contribution < -0.4 is 0 Å². The maximum absolute atomic E-state index is 11.6. The number of carbonyl (C=O) groups excluding carboxylic acids is 1. The zero-order chi connectivity index (χ0) is 9.10. The highest BCUT2D eigenvalue weighted by molar-refractivity contribution is 7.03. The molecule has 0 unspecified atom stereocenters. The van der Waals surface area contributed by atoms with Gasteiger partial charge in [-0.25, -0.2) is 0 Å². The first-order valence-corrected chi connectivity index (χ1v) is 4.84. The lowest BCUT2D eigenvalue weighted by atomic mass is 10.0. The molecule has 2 heterocycles. The van der Waals surface area contributed by atoms with E-state index in [1.165, 1.54) is 17.8 Å². The molecule has 0 aromatic carbocycles. The van der Waals surface area contributed by atoms with Crippen LogP contribution in [0.5, 0.6) is 0 Å². The van der Waals surface area contributed by atoms with Crippen molar-refractivity contribution in [3.8, 4) is 0 Å². The van der Waals surface area contributed by atoms with E-state index in [-0.39, 0.29) is 5.78 Å². The van der Waals surface area contributed by atoms with E-state index in [9.17, 15) is 4.79 Å². The number of allylic oxidation sites excluding steroid dienone is 1. The monoisotopic (exact) mass is 196 g/mol. The lowest BCUT2D eigenvalue weighted by Gasteiger charge is -2.10. The third kappa shape index (κ3) is 1.75. The van der Waals surface area contributed by atoms with Crippen LogP contribution in [0, 0.1) is 0 Å². The summed E-state index contributed by atoms with van der Waals surface area (Å²) in [4.78, 5) is 11.6. The molecule has 0 amide bonds. The van der Waals surface area contributed by atoms with E-state index in [2.05, 4.69) is 9.59 Å². The predicted octanol–water partition coefficient (Wildman–Crippen LogP) is 1.42. The van der Waals surface area contributed by atoms with Crippen LogP contribution in [0.15, 0.2) is 17.2 Å². The average Bonchev–Trinajstić information content (AvgIpc) is 2.71. The Hall–Kier alpha value is -1.23. The van der Waals surface area contributed by atoms with Gasteiger partial charge in [0.2, 0.25) is 5.78 Å². The van der Waals surface area contributed by atoms with Crippen LogP contribution in [0.4, 0.5) is 0 Å². The van der Waals surface area contributed by atoms with Crippen molar-refractivity contribution in [2.45, 2.75) is 12.8 Å². The van der Waals surface area contributed by atoms with E-state index >= 15 is 0 Å². The topological polar surface area (TPSA) is 52.1 Å². The molecule has 0 bridgehead atoms. The van der Waals surface area contributed by atoms with Gasteiger partial charge in [0.15, 0.2) is 0 Å². The summed E-state index contributed by atoms with van der Waals surface area (Å²) >= 11 is 1.18. The Bertz CT molecular complexity index is 332. The van der Waals surface area contributed by atoms with Crippen LogP contribution in [0.25, 0.3) is 0 Å². The van der Waals surface area contributed by atoms with Gasteiger partial charge in [-0.1, -0.05) is 4.49 Å². The van der Waals surface area contributed by atoms with Crippen molar-refractivity contribution in [2.24, 2.45) is 0 Å². The SMILES string of the molecule is O=C(C1=COCCC1)c1csnn1. The minimum absolute atomic E-state index is 0.0616. The Morgan fingerprint density at radius 2 is 2.54 bits per heavy atom. The second-order valence-electron chi connectivity index (χ2n) is 2.74. The fourth-order valence-corrected chi connectivity index (χ4v) is 1.60. The number of aromatic nitrogens is 2. The maximum Gasteiger partial charge on any atom is 0.213 e. The second-order valence-corrected chi connectivity index (χ2v) is 3.35. The molecule has 2 rings (SSSR count). The number of hydrogen-bond donors (Lipinski definition) is 0. The third-order valence-electron chi connectivity index (χ3n) is 1.82. The van der Waals surface area contributed by atoms with Gasteiger partial charge in [-0.3, -0.25) is 4.79 Å². The maximum atomic E-state index is 11.6. The summed E-state index contributed by atoms with van der Waals surface area (Å²) in [6.07, 6.45) is 3.21. The summed E-state index contributed by atoms with van der Waals surface area (Å²) in [5.41, 5.74) is 1.11.